The molecule has 104 valence electrons. The minimum Gasteiger partial charge on any atom is -0.366 e. The lowest BCUT2D eigenvalue weighted by atomic mass is 10.1. The number of ether oxygens (including phenoxy) is 1. The van der Waals surface area contributed by atoms with Crippen molar-refractivity contribution in [3.63, 3.8) is 0 Å². The molecule has 0 heterocycles. The minimum absolute atomic E-state index is 0.132. The molecule has 1 aromatic rings. The molecule has 2 amide bonds. The van der Waals surface area contributed by atoms with E-state index in [-0.39, 0.29) is 17.9 Å². The fourth-order valence-electron chi connectivity index (χ4n) is 1.27. The third-order valence-electron chi connectivity index (χ3n) is 2.15. The molecule has 0 aromatic heterocycles. The van der Waals surface area contributed by atoms with Crippen LogP contribution in [0.1, 0.15) is 31.1 Å². The zero-order valence-electron chi connectivity index (χ0n) is 11.1. The molecule has 19 heavy (non-hydrogen) atoms. The molecule has 0 atom stereocenters. The van der Waals surface area contributed by atoms with Crippen molar-refractivity contribution < 1.29 is 18.7 Å². The van der Waals surface area contributed by atoms with Crippen LogP contribution in [-0.4, -0.2) is 24.0 Å². The van der Waals surface area contributed by atoms with Gasteiger partial charge < -0.3 is 15.8 Å². The van der Waals surface area contributed by atoms with Crippen LogP contribution in [0.4, 0.5) is 10.1 Å². The predicted molar refractivity (Wildman–Crippen MR) is 69.3 cm³/mol. The van der Waals surface area contributed by atoms with E-state index in [1.165, 1.54) is 12.1 Å². The number of rotatable bonds is 4. The molecule has 6 heteroatoms. The van der Waals surface area contributed by atoms with Crippen LogP contribution in [0.25, 0.3) is 0 Å². The van der Waals surface area contributed by atoms with Crippen LogP contribution in [0, 0.1) is 5.82 Å². The monoisotopic (exact) mass is 268 g/mol. The Balaban J connectivity index is 2.70. The van der Waals surface area contributed by atoms with Gasteiger partial charge in [-0.3, -0.25) is 9.59 Å². The number of hydrogen-bond donors (Lipinski definition) is 2. The number of benzene rings is 1. The van der Waals surface area contributed by atoms with Crippen LogP contribution in [0.5, 0.6) is 0 Å². The summed E-state index contributed by atoms with van der Waals surface area (Å²) < 4.78 is 18.5. The quantitative estimate of drug-likeness (QED) is 0.871. The molecule has 0 unspecified atom stereocenters. The molecule has 0 aliphatic heterocycles. The van der Waals surface area contributed by atoms with Gasteiger partial charge in [-0.15, -0.1) is 0 Å². The van der Waals surface area contributed by atoms with Gasteiger partial charge in [0.15, 0.2) is 0 Å². The van der Waals surface area contributed by atoms with Gasteiger partial charge in [-0.2, -0.15) is 0 Å². The normalized spacial score (nSPS) is 11.2. The van der Waals surface area contributed by atoms with Crippen LogP contribution < -0.4 is 11.1 Å². The molecule has 0 aliphatic carbocycles. The van der Waals surface area contributed by atoms with E-state index in [1.807, 2.05) is 20.8 Å². The lowest BCUT2D eigenvalue weighted by molar-refractivity contribution is -0.125. The first-order valence-electron chi connectivity index (χ1n) is 5.72. The number of nitrogens with one attached hydrogen (secondary N) is 1. The summed E-state index contributed by atoms with van der Waals surface area (Å²) in [6, 6.07) is 3.60. The first-order valence-corrected chi connectivity index (χ1v) is 5.72. The molecule has 5 nitrogen and oxygen atoms in total. The average molecular weight is 268 g/mol. The second-order valence-corrected chi connectivity index (χ2v) is 5.01. The molecule has 0 bridgehead atoms. The van der Waals surface area contributed by atoms with E-state index < -0.39 is 23.2 Å². The maximum Gasteiger partial charge on any atom is 0.251 e. The highest BCUT2D eigenvalue weighted by atomic mass is 19.1. The molecular weight excluding hydrogens is 251 g/mol. The van der Waals surface area contributed by atoms with Crippen LogP contribution in [0.15, 0.2) is 18.2 Å². The molecule has 0 fully saturated rings. The van der Waals surface area contributed by atoms with Gasteiger partial charge in [0.2, 0.25) is 5.91 Å². The lowest BCUT2D eigenvalue weighted by Gasteiger charge is -2.19. The Morgan fingerprint density at radius 2 is 2.00 bits per heavy atom. The smallest absolute Gasteiger partial charge is 0.251 e. The van der Waals surface area contributed by atoms with Crippen molar-refractivity contribution in [2.24, 2.45) is 5.73 Å². The molecule has 3 N–H and O–H groups in total. The summed E-state index contributed by atoms with van der Waals surface area (Å²) in [4.78, 5) is 22.5. The van der Waals surface area contributed by atoms with E-state index in [0.29, 0.717) is 0 Å². The first-order chi connectivity index (χ1) is 8.69. The van der Waals surface area contributed by atoms with Gasteiger partial charge in [-0.1, -0.05) is 0 Å². The van der Waals surface area contributed by atoms with Crippen LogP contribution in [0.3, 0.4) is 0 Å². The molecule has 0 saturated carbocycles. The number of nitrogens with two attached hydrogens (primary N) is 1. The highest BCUT2D eigenvalue weighted by Gasteiger charge is 2.14. The van der Waals surface area contributed by atoms with Gasteiger partial charge in [-0.25, -0.2) is 4.39 Å². The van der Waals surface area contributed by atoms with E-state index in [1.54, 1.807) is 0 Å². The van der Waals surface area contributed by atoms with Crippen molar-refractivity contribution in [3.05, 3.63) is 29.6 Å². The van der Waals surface area contributed by atoms with Gasteiger partial charge in [-0.05, 0) is 39.0 Å². The lowest BCUT2D eigenvalue weighted by Crippen LogP contribution is -2.27. The van der Waals surface area contributed by atoms with Gasteiger partial charge in [0.05, 0.1) is 11.2 Å². The summed E-state index contributed by atoms with van der Waals surface area (Å²) >= 11 is 0. The summed E-state index contributed by atoms with van der Waals surface area (Å²) in [6.07, 6.45) is 0. The molecule has 0 radical (unpaired) electrons. The summed E-state index contributed by atoms with van der Waals surface area (Å²) in [5.41, 5.74) is 4.60. The van der Waals surface area contributed by atoms with E-state index in [9.17, 15) is 14.0 Å². The van der Waals surface area contributed by atoms with Crippen molar-refractivity contribution in [1.29, 1.82) is 0 Å². The molecule has 1 rings (SSSR count). The second-order valence-electron chi connectivity index (χ2n) is 5.01. The Labute approximate surface area is 110 Å². The standard InChI is InChI=1S/C13H17FN2O3/c1-13(2,3)19-7-11(17)16-8-4-5-10(14)9(6-8)12(15)18/h4-6H,7H2,1-3H3,(H2,15,18)(H,16,17). The van der Waals surface area contributed by atoms with E-state index in [4.69, 9.17) is 10.5 Å². The molecule has 1 aromatic carbocycles. The van der Waals surface area contributed by atoms with Crippen molar-refractivity contribution in [2.45, 2.75) is 26.4 Å². The van der Waals surface area contributed by atoms with Gasteiger partial charge in [0.1, 0.15) is 12.4 Å². The maximum atomic E-state index is 13.2. The third kappa shape index (κ3) is 5.05. The van der Waals surface area contributed by atoms with Gasteiger partial charge in [0.25, 0.3) is 5.91 Å². The zero-order chi connectivity index (χ0) is 14.6. The molecule has 0 saturated heterocycles. The largest absolute Gasteiger partial charge is 0.366 e. The number of primary amides is 1. The molecule has 0 aliphatic rings. The summed E-state index contributed by atoms with van der Waals surface area (Å²) in [5.74, 6) is -2.01. The Morgan fingerprint density at radius 1 is 1.37 bits per heavy atom. The van der Waals surface area contributed by atoms with Crippen molar-refractivity contribution in [2.75, 3.05) is 11.9 Å². The predicted octanol–water partition coefficient (Wildman–Crippen LogP) is 1.68. The highest BCUT2D eigenvalue weighted by Crippen LogP contribution is 2.14. The Bertz CT molecular complexity index is 495. The van der Waals surface area contributed by atoms with E-state index in [0.717, 1.165) is 6.07 Å². The summed E-state index contributed by atoms with van der Waals surface area (Å²) in [7, 11) is 0. The van der Waals surface area contributed by atoms with Crippen molar-refractivity contribution >= 4 is 17.5 Å². The van der Waals surface area contributed by atoms with Crippen molar-refractivity contribution in [1.82, 2.24) is 0 Å². The van der Waals surface area contributed by atoms with E-state index in [2.05, 4.69) is 5.32 Å². The Morgan fingerprint density at radius 3 is 2.53 bits per heavy atom. The number of hydrogen-bond acceptors (Lipinski definition) is 3. The molecular formula is C13H17FN2O3. The fraction of sp³-hybridized carbons (Fsp3) is 0.385. The van der Waals surface area contributed by atoms with Gasteiger partial charge >= 0.3 is 0 Å². The summed E-state index contributed by atoms with van der Waals surface area (Å²) in [5, 5.41) is 2.50. The van der Waals surface area contributed by atoms with Crippen LogP contribution >= 0.6 is 0 Å². The topological polar surface area (TPSA) is 81.4 Å². The zero-order valence-corrected chi connectivity index (χ0v) is 11.1. The highest BCUT2D eigenvalue weighted by molar-refractivity contribution is 5.96. The number of amides is 2. The van der Waals surface area contributed by atoms with Crippen LogP contribution in [0.2, 0.25) is 0 Å². The number of carbonyl (C=O) groups excluding carboxylic acids is 2. The van der Waals surface area contributed by atoms with Crippen molar-refractivity contribution in [3.8, 4) is 0 Å². The van der Waals surface area contributed by atoms with Crippen LogP contribution in [-0.2, 0) is 9.53 Å². The first kappa shape index (κ1) is 15.1. The van der Waals surface area contributed by atoms with Gasteiger partial charge in [0, 0.05) is 5.69 Å². The average Bonchev–Trinajstić information content (AvgIpc) is 2.28. The minimum atomic E-state index is -0.889. The number of carbonyl (C=O) groups is 2. The SMILES string of the molecule is CC(C)(C)OCC(=O)Nc1ccc(F)c(C(N)=O)c1. The number of anilines is 1. The molecule has 0 spiro atoms. The Kier molecular flexibility index (Phi) is 4.61. The maximum absolute atomic E-state index is 13.2. The Hall–Kier alpha value is -1.95. The second kappa shape index (κ2) is 5.79. The fourth-order valence-corrected chi connectivity index (χ4v) is 1.27. The summed E-state index contributed by atoms with van der Waals surface area (Å²) in [6.45, 7) is 5.34. The van der Waals surface area contributed by atoms with E-state index >= 15 is 0 Å². The number of halogens is 1. The third-order valence-corrected chi connectivity index (χ3v) is 2.15.